The van der Waals surface area contributed by atoms with Crippen molar-refractivity contribution in [3.05, 3.63) is 58.8 Å². The molecule has 1 aliphatic rings. The first-order valence-electron chi connectivity index (χ1n) is 9.27. The summed E-state index contributed by atoms with van der Waals surface area (Å²) in [6.07, 6.45) is 2.94. The third-order valence-electron chi connectivity index (χ3n) is 4.84. The average molecular weight is 491 g/mol. The zero-order valence-electron chi connectivity index (χ0n) is 16.1. The van der Waals surface area contributed by atoms with Crippen molar-refractivity contribution in [2.75, 3.05) is 24.5 Å². The second-order valence-electron chi connectivity index (χ2n) is 6.90. The Balaban J connectivity index is 1.74. The Bertz CT molecular complexity index is 1210. The second-order valence-corrected chi connectivity index (χ2v) is 9.46. The number of morpholine rings is 1. The van der Waals surface area contributed by atoms with Gasteiger partial charge in [0.2, 0.25) is 0 Å². The van der Waals surface area contributed by atoms with E-state index in [-0.39, 0.29) is 33.6 Å². The van der Waals surface area contributed by atoms with Gasteiger partial charge in [0, 0.05) is 23.4 Å². The normalized spacial score (nSPS) is 17.1. The molecule has 0 unspecified atom stereocenters. The van der Waals surface area contributed by atoms with E-state index in [1.807, 2.05) is 6.92 Å². The summed E-state index contributed by atoms with van der Waals surface area (Å²) in [5.41, 5.74) is 1.18. The topological polar surface area (TPSA) is 101 Å². The van der Waals surface area contributed by atoms with E-state index >= 15 is 0 Å². The van der Waals surface area contributed by atoms with E-state index in [0.29, 0.717) is 29.7 Å². The minimum Gasteiger partial charge on any atom is -0.377 e. The van der Waals surface area contributed by atoms with Crippen LogP contribution in [0.2, 0.25) is 0 Å². The van der Waals surface area contributed by atoms with Gasteiger partial charge in [-0.15, -0.1) is 0 Å². The quantitative estimate of drug-likeness (QED) is 0.602. The number of ether oxygens (including phenoxy) is 1. The average Bonchev–Trinajstić information content (AvgIpc) is 2.73. The Hall–Kier alpha value is -2.56. The van der Waals surface area contributed by atoms with Crippen molar-refractivity contribution >= 4 is 48.6 Å². The van der Waals surface area contributed by atoms with E-state index in [1.54, 1.807) is 35.2 Å². The van der Waals surface area contributed by atoms with Gasteiger partial charge < -0.3 is 9.64 Å². The maximum atomic E-state index is 13.2. The lowest BCUT2D eigenvalue weighted by Crippen LogP contribution is -2.47. The van der Waals surface area contributed by atoms with Crippen LogP contribution in [0.3, 0.4) is 0 Å². The molecular weight excluding hydrogens is 472 g/mol. The van der Waals surface area contributed by atoms with Crippen molar-refractivity contribution in [3.63, 3.8) is 0 Å². The molecule has 1 saturated heterocycles. The SMILES string of the molecule is C[C@@H]1COCCN1C(=O)c1ccc(Br)cc1NS(=O)(=O)c1cccc2nccnc12. The largest absolute Gasteiger partial charge is 0.377 e. The van der Waals surface area contributed by atoms with Crippen LogP contribution in [-0.4, -0.2) is 55.0 Å². The second kappa shape index (κ2) is 8.29. The molecule has 1 amide bonds. The monoisotopic (exact) mass is 490 g/mol. The third kappa shape index (κ3) is 4.03. The van der Waals surface area contributed by atoms with Crippen LogP contribution in [0.1, 0.15) is 17.3 Å². The van der Waals surface area contributed by atoms with E-state index in [2.05, 4.69) is 30.6 Å². The molecule has 0 radical (unpaired) electrons. The number of carbonyl (C=O) groups excluding carboxylic acids is 1. The number of hydrogen-bond donors (Lipinski definition) is 1. The maximum Gasteiger partial charge on any atom is 0.264 e. The van der Waals surface area contributed by atoms with Crippen LogP contribution in [0, 0.1) is 0 Å². The number of halogens is 1. The van der Waals surface area contributed by atoms with Gasteiger partial charge in [0.05, 0.1) is 36.0 Å². The summed E-state index contributed by atoms with van der Waals surface area (Å²) in [5, 5.41) is 0. The highest BCUT2D eigenvalue weighted by Gasteiger charge is 2.28. The van der Waals surface area contributed by atoms with Gasteiger partial charge in [-0.05, 0) is 37.3 Å². The standard InChI is InChI=1S/C20H19BrN4O4S/c1-13-12-29-10-9-25(13)20(26)15-6-5-14(21)11-17(15)24-30(27,28)18-4-2-3-16-19(18)23-8-7-22-16/h2-8,11,13,24H,9-10,12H2,1H3/t13-/m1/s1. The molecule has 8 nitrogen and oxygen atoms in total. The Morgan fingerprint density at radius 3 is 2.83 bits per heavy atom. The highest BCUT2D eigenvalue weighted by Crippen LogP contribution is 2.28. The fraction of sp³-hybridized carbons (Fsp3) is 0.250. The fourth-order valence-corrected chi connectivity index (χ4v) is 4.95. The number of anilines is 1. The molecule has 0 spiro atoms. The van der Waals surface area contributed by atoms with Gasteiger partial charge in [-0.25, -0.2) is 8.42 Å². The lowest BCUT2D eigenvalue weighted by atomic mass is 10.1. The van der Waals surface area contributed by atoms with Crippen molar-refractivity contribution < 1.29 is 17.9 Å². The van der Waals surface area contributed by atoms with Crippen LogP contribution in [0.4, 0.5) is 5.69 Å². The highest BCUT2D eigenvalue weighted by molar-refractivity contribution is 9.10. The lowest BCUT2D eigenvalue weighted by molar-refractivity contribution is 0.00365. The van der Waals surface area contributed by atoms with Crippen molar-refractivity contribution in [2.24, 2.45) is 0 Å². The number of nitrogens with one attached hydrogen (secondary N) is 1. The molecule has 4 rings (SSSR count). The summed E-state index contributed by atoms with van der Waals surface area (Å²) in [6.45, 7) is 3.23. The van der Waals surface area contributed by atoms with Crippen LogP contribution in [0.15, 0.2) is 58.2 Å². The van der Waals surface area contributed by atoms with E-state index in [4.69, 9.17) is 4.74 Å². The first-order valence-corrected chi connectivity index (χ1v) is 11.6. The molecule has 1 atom stereocenters. The Labute approximate surface area is 182 Å². The molecule has 3 aromatic rings. The molecule has 156 valence electrons. The fourth-order valence-electron chi connectivity index (χ4n) is 3.35. The van der Waals surface area contributed by atoms with E-state index in [9.17, 15) is 13.2 Å². The van der Waals surface area contributed by atoms with Crippen LogP contribution < -0.4 is 4.72 Å². The summed E-state index contributed by atoms with van der Waals surface area (Å²) in [5.74, 6) is -0.256. The summed E-state index contributed by atoms with van der Waals surface area (Å²) in [4.78, 5) is 23.2. The smallest absolute Gasteiger partial charge is 0.264 e. The zero-order valence-corrected chi connectivity index (χ0v) is 18.5. The van der Waals surface area contributed by atoms with Gasteiger partial charge in [-0.3, -0.25) is 19.5 Å². The van der Waals surface area contributed by atoms with Gasteiger partial charge in [0.15, 0.2) is 0 Å². The van der Waals surface area contributed by atoms with Crippen molar-refractivity contribution in [1.29, 1.82) is 0 Å². The number of sulfonamides is 1. The van der Waals surface area contributed by atoms with Crippen LogP contribution in [0.5, 0.6) is 0 Å². The minimum atomic E-state index is -4.03. The summed E-state index contributed by atoms with van der Waals surface area (Å²) < 4.78 is 35.0. The molecular formula is C20H19BrN4O4S. The predicted octanol–water partition coefficient (Wildman–Crippen LogP) is 3.05. The number of amides is 1. The zero-order chi connectivity index (χ0) is 21.3. The molecule has 2 heterocycles. The van der Waals surface area contributed by atoms with Gasteiger partial charge in [-0.1, -0.05) is 22.0 Å². The molecule has 0 saturated carbocycles. The molecule has 30 heavy (non-hydrogen) atoms. The Morgan fingerprint density at radius 1 is 1.23 bits per heavy atom. The van der Waals surface area contributed by atoms with Crippen molar-refractivity contribution in [2.45, 2.75) is 17.9 Å². The number of hydrogen-bond acceptors (Lipinski definition) is 6. The number of carbonyl (C=O) groups is 1. The van der Waals surface area contributed by atoms with Crippen LogP contribution in [-0.2, 0) is 14.8 Å². The van der Waals surface area contributed by atoms with Crippen molar-refractivity contribution in [3.8, 4) is 0 Å². The summed E-state index contributed by atoms with van der Waals surface area (Å²) >= 11 is 3.35. The molecule has 1 N–H and O–H groups in total. The number of aromatic nitrogens is 2. The van der Waals surface area contributed by atoms with Gasteiger partial charge >= 0.3 is 0 Å². The van der Waals surface area contributed by atoms with E-state index < -0.39 is 10.0 Å². The van der Waals surface area contributed by atoms with Gasteiger partial charge in [0.1, 0.15) is 10.4 Å². The number of rotatable bonds is 4. The van der Waals surface area contributed by atoms with E-state index in [1.165, 1.54) is 18.5 Å². The van der Waals surface area contributed by atoms with Gasteiger partial charge in [-0.2, -0.15) is 0 Å². The molecule has 0 aliphatic carbocycles. The Morgan fingerprint density at radius 2 is 2.03 bits per heavy atom. The highest BCUT2D eigenvalue weighted by atomic mass is 79.9. The minimum absolute atomic E-state index is 0.00813. The van der Waals surface area contributed by atoms with Crippen LogP contribution in [0.25, 0.3) is 11.0 Å². The third-order valence-corrected chi connectivity index (χ3v) is 6.73. The van der Waals surface area contributed by atoms with Gasteiger partial charge in [0.25, 0.3) is 15.9 Å². The first-order chi connectivity index (χ1) is 14.4. The number of fused-ring (bicyclic) bond motifs is 1. The number of para-hydroxylation sites is 1. The molecule has 1 aromatic heterocycles. The predicted molar refractivity (Wildman–Crippen MR) is 116 cm³/mol. The molecule has 2 aromatic carbocycles. The molecule has 0 bridgehead atoms. The first kappa shape index (κ1) is 20.7. The number of nitrogens with zero attached hydrogens (tertiary/aromatic N) is 3. The maximum absolute atomic E-state index is 13.2. The lowest BCUT2D eigenvalue weighted by Gasteiger charge is -2.33. The molecule has 1 fully saturated rings. The summed E-state index contributed by atoms with van der Waals surface area (Å²) in [7, 11) is -4.03. The van der Waals surface area contributed by atoms with E-state index in [0.717, 1.165) is 0 Å². The summed E-state index contributed by atoms with van der Waals surface area (Å²) in [6, 6.07) is 9.54. The molecule has 1 aliphatic heterocycles. The van der Waals surface area contributed by atoms with Crippen molar-refractivity contribution in [1.82, 2.24) is 14.9 Å². The number of benzene rings is 2. The van der Waals surface area contributed by atoms with Crippen LogP contribution >= 0.6 is 15.9 Å². The molecule has 10 heteroatoms. The Kier molecular flexibility index (Phi) is 5.72.